The molecule has 0 amide bonds. The highest BCUT2D eigenvalue weighted by Crippen LogP contribution is 2.41. The van der Waals surface area contributed by atoms with E-state index in [0.29, 0.717) is 24.0 Å². The van der Waals surface area contributed by atoms with Gasteiger partial charge in [-0.05, 0) is 62.3 Å². The Balaban J connectivity index is 1.71. The Bertz CT molecular complexity index is 813. The van der Waals surface area contributed by atoms with Crippen LogP contribution in [-0.4, -0.2) is 29.6 Å². The second-order valence-corrected chi connectivity index (χ2v) is 7.28. The molecule has 1 saturated heterocycles. The zero-order valence-electron chi connectivity index (χ0n) is 14.1. The Labute approximate surface area is 141 Å². The number of carbonyl (C=O) groups excluding carboxylic acids is 2. The third-order valence-corrected chi connectivity index (χ3v) is 5.04. The van der Waals surface area contributed by atoms with Gasteiger partial charge in [0.05, 0.1) is 11.7 Å². The van der Waals surface area contributed by atoms with Crippen molar-refractivity contribution in [1.29, 1.82) is 0 Å². The number of benzene rings is 1. The lowest BCUT2D eigenvalue weighted by Gasteiger charge is -2.35. The summed E-state index contributed by atoms with van der Waals surface area (Å²) in [5.74, 6) is -0.211. The van der Waals surface area contributed by atoms with E-state index in [2.05, 4.69) is 6.92 Å². The molecule has 0 N–H and O–H groups in total. The van der Waals surface area contributed by atoms with Gasteiger partial charge in [0.2, 0.25) is 0 Å². The average Bonchev–Trinajstić information content (AvgIpc) is 2.81. The maximum Gasteiger partial charge on any atom is 0.186 e. The Morgan fingerprint density at radius 2 is 1.75 bits per heavy atom. The highest BCUT2D eigenvalue weighted by atomic mass is 16.7. The van der Waals surface area contributed by atoms with Crippen LogP contribution in [0.3, 0.4) is 0 Å². The maximum absolute atomic E-state index is 12.1. The number of hydrogen-bond donors (Lipinski definition) is 0. The van der Waals surface area contributed by atoms with E-state index in [1.54, 1.807) is 0 Å². The molecule has 0 aromatic heterocycles. The summed E-state index contributed by atoms with van der Waals surface area (Å²) in [4.78, 5) is 24.2. The number of ketones is 2. The summed E-state index contributed by atoms with van der Waals surface area (Å²) in [5, 5.41) is 0. The SMILES string of the molecule is CC(C)=CC1OC2Cc3cc4c(cc3CC2(C)O1)C(=O)C=CC4=O. The van der Waals surface area contributed by atoms with Gasteiger partial charge in [0.25, 0.3) is 0 Å². The van der Waals surface area contributed by atoms with Crippen LogP contribution in [0.15, 0.2) is 35.9 Å². The molecule has 1 fully saturated rings. The summed E-state index contributed by atoms with van der Waals surface area (Å²) in [5.41, 5.74) is 3.90. The molecule has 2 aliphatic carbocycles. The lowest BCUT2D eigenvalue weighted by Crippen LogP contribution is -2.44. The van der Waals surface area contributed by atoms with Gasteiger partial charge in [0.15, 0.2) is 17.9 Å². The number of fused-ring (bicyclic) bond motifs is 3. The summed E-state index contributed by atoms with van der Waals surface area (Å²) < 4.78 is 12.2. The van der Waals surface area contributed by atoms with E-state index in [1.165, 1.54) is 12.2 Å². The van der Waals surface area contributed by atoms with Crippen LogP contribution in [-0.2, 0) is 22.3 Å². The number of rotatable bonds is 1. The van der Waals surface area contributed by atoms with Crippen LogP contribution in [0.1, 0.15) is 52.6 Å². The highest BCUT2D eigenvalue weighted by Gasteiger charge is 2.48. The monoisotopic (exact) mass is 324 g/mol. The molecule has 0 saturated carbocycles. The van der Waals surface area contributed by atoms with E-state index in [4.69, 9.17) is 9.47 Å². The number of carbonyl (C=O) groups is 2. The molecule has 3 aliphatic rings. The first kappa shape index (κ1) is 15.5. The van der Waals surface area contributed by atoms with Crippen LogP contribution in [0.25, 0.3) is 0 Å². The molecule has 0 bridgehead atoms. The Hall–Kier alpha value is -2.04. The molecule has 24 heavy (non-hydrogen) atoms. The van der Waals surface area contributed by atoms with Gasteiger partial charge in [0.1, 0.15) is 0 Å². The van der Waals surface area contributed by atoms with E-state index >= 15 is 0 Å². The van der Waals surface area contributed by atoms with Crippen LogP contribution in [0.5, 0.6) is 0 Å². The van der Waals surface area contributed by atoms with Crippen molar-refractivity contribution in [3.8, 4) is 0 Å². The Morgan fingerprint density at radius 1 is 1.12 bits per heavy atom. The van der Waals surface area contributed by atoms with Crippen molar-refractivity contribution in [2.24, 2.45) is 0 Å². The first-order valence-corrected chi connectivity index (χ1v) is 8.26. The first-order chi connectivity index (χ1) is 11.4. The average molecular weight is 324 g/mol. The fraction of sp³-hybridized carbons (Fsp3) is 0.400. The molecule has 1 heterocycles. The molecule has 124 valence electrons. The smallest absolute Gasteiger partial charge is 0.186 e. The van der Waals surface area contributed by atoms with Gasteiger partial charge in [-0.2, -0.15) is 0 Å². The van der Waals surface area contributed by atoms with Gasteiger partial charge in [-0.1, -0.05) is 5.57 Å². The number of ether oxygens (including phenoxy) is 2. The first-order valence-electron chi connectivity index (χ1n) is 8.26. The number of hydrogen-bond acceptors (Lipinski definition) is 4. The van der Waals surface area contributed by atoms with E-state index in [1.807, 2.05) is 32.1 Å². The molecule has 1 aromatic carbocycles. The second-order valence-electron chi connectivity index (χ2n) is 7.28. The molecule has 3 atom stereocenters. The lowest BCUT2D eigenvalue weighted by molar-refractivity contribution is -0.0514. The largest absolute Gasteiger partial charge is 0.342 e. The predicted molar refractivity (Wildman–Crippen MR) is 89.2 cm³/mol. The minimum absolute atomic E-state index is 0.0476. The molecule has 4 nitrogen and oxygen atoms in total. The molecule has 0 radical (unpaired) electrons. The van der Waals surface area contributed by atoms with Crippen LogP contribution in [0.2, 0.25) is 0 Å². The van der Waals surface area contributed by atoms with Crippen LogP contribution in [0.4, 0.5) is 0 Å². The fourth-order valence-electron chi connectivity index (χ4n) is 3.80. The van der Waals surface area contributed by atoms with Crippen molar-refractivity contribution in [3.05, 3.63) is 58.2 Å². The van der Waals surface area contributed by atoms with E-state index in [-0.39, 0.29) is 24.0 Å². The molecule has 4 rings (SSSR count). The summed E-state index contributed by atoms with van der Waals surface area (Å²) >= 11 is 0. The van der Waals surface area contributed by atoms with Crippen LogP contribution in [0, 0.1) is 0 Å². The van der Waals surface area contributed by atoms with Crippen molar-refractivity contribution in [1.82, 2.24) is 0 Å². The standard InChI is InChI=1S/C20H20O4/c1-11(2)6-19-23-18-9-12-7-14-15(17(22)5-4-16(14)21)8-13(12)10-20(18,3)24-19/h4-8,18-19H,9-10H2,1-3H3. The Morgan fingerprint density at radius 3 is 2.38 bits per heavy atom. The van der Waals surface area contributed by atoms with Gasteiger partial charge in [-0.3, -0.25) is 9.59 Å². The Kier molecular flexibility index (Phi) is 3.37. The molecule has 1 aromatic rings. The zero-order valence-corrected chi connectivity index (χ0v) is 14.1. The lowest BCUT2D eigenvalue weighted by atomic mass is 9.77. The summed E-state index contributed by atoms with van der Waals surface area (Å²) in [6, 6.07) is 3.74. The molecular weight excluding hydrogens is 304 g/mol. The van der Waals surface area contributed by atoms with Crippen molar-refractivity contribution in [2.75, 3.05) is 0 Å². The van der Waals surface area contributed by atoms with Crippen molar-refractivity contribution < 1.29 is 19.1 Å². The highest BCUT2D eigenvalue weighted by molar-refractivity contribution is 6.22. The minimum Gasteiger partial charge on any atom is -0.342 e. The summed E-state index contributed by atoms with van der Waals surface area (Å²) in [6.45, 7) is 6.10. The third kappa shape index (κ3) is 2.38. The van der Waals surface area contributed by atoms with Crippen LogP contribution < -0.4 is 0 Å². The van der Waals surface area contributed by atoms with E-state index in [9.17, 15) is 9.59 Å². The second kappa shape index (κ2) is 5.23. The molecule has 0 spiro atoms. The van der Waals surface area contributed by atoms with Crippen molar-refractivity contribution in [2.45, 2.75) is 51.6 Å². The summed E-state index contributed by atoms with van der Waals surface area (Å²) in [7, 11) is 0. The molecular formula is C20H20O4. The maximum atomic E-state index is 12.1. The van der Waals surface area contributed by atoms with Crippen molar-refractivity contribution in [3.63, 3.8) is 0 Å². The van der Waals surface area contributed by atoms with Crippen LogP contribution >= 0.6 is 0 Å². The minimum atomic E-state index is -0.407. The van der Waals surface area contributed by atoms with Gasteiger partial charge in [-0.15, -0.1) is 0 Å². The fourth-order valence-corrected chi connectivity index (χ4v) is 3.80. The zero-order chi connectivity index (χ0) is 17.1. The van der Waals surface area contributed by atoms with Gasteiger partial charge in [0, 0.05) is 24.0 Å². The van der Waals surface area contributed by atoms with Gasteiger partial charge in [-0.25, -0.2) is 0 Å². The molecule has 4 heteroatoms. The van der Waals surface area contributed by atoms with Crippen molar-refractivity contribution >= 4 is 11.6 Å². The topological polar surface area (TPSA) is 52.6 Å². The van der Waals surface area contributed by atoms with E-state index < -0.39 is 5.60 Å². The predicted octanol–water partition coefficient (Wildman–Crippen LogP) is 3.19. The van der Waals surface area contributed by atoms with E-state index in [0.717, 1.165) is 16.7 Å². The van der Waals surface area contributed by atoms with Gasteiger partial charge < -0.3 is 9.47 Å². The molecule has 1 aliphatic heterocycles. The third-order valence-electron chi connectivity index (χ3n) is 5.04. The summed E-state index contributed by atoms with van der Waals surface area (Å²) in [6.07, 6.45) is 5.67. The quantitative estimate of drug-likeness (QED) is 0.745. The molecule has 3 unspecified atom stereocenters. The van der Waals surface area contributed by atoms with Gasteiger partial charge >= 0.3 is 0 Å². The normalized spacial score (nSPS) is 30.6. The number of allylic oxidation sites excluding steroid dienone is 3.